The molecule has 5 heteroatoms. The highest BCUT2D eigenvalue weighted by molar-refractivity contribution is 5.79. The predicted octanol–water partition coefficient (Wildman–Crippen LogP) is 2.62. The Labute approximate surface area is 138 Å². The fourth-order valence-corrected chi connectivity index (χ4v) is 2.91. The van der Waals surface area contributed by atoms with Crippen molar-refractivity contribution in [1.29, 1.82) is 0 Å². The lowest BCUT2D eigenvalue weighted by atomic mass is 9.85. The number of aliphatic hydroxyl groups is 1. The highest BCUT2D eigenvalue weighted by Gasteiger charge is 2.28. The van der Waals surface area contributed by atoms with Gasteiger partial charge in [0, 0.05) is 13.1 Å². The Morgan fingerprint density at radius 3 is 2.52 bits per heavy atom. The van der Waals surface area contributed by atoms with Crippen molar-refractivity contribution in [3.63, 3.8) is 0 Å². The van der Waals surface area contributed by atoms with Gasteiger partial charge in [-0.2, -0.15) is 0 Å². The Hall–Kier alpha value is -1.62. The van der Waals surface area contributed by atoms with Crippen LogP contribution < -0.4 is 10.6 Å². The molecular weight excluding hydrogens is 293 g/mol. The van der Waals surface area contributed by atoms with Crippen LogP contribution in [0.4, 0.5) is 4.39 Å². The Morgan fingerprint density at radius 2 is 1.87 bits per heavy atom. The molecule has 4 nitrogen and oxygen atoms in total. The van der Waals surface area contributed by atoms with Gasteiger partial charge in [-0.05, 0) is 43.9 Å². The third-order valence-corrected chi connectivity index (χ3v) is 4.28. The van der Waals surface area contributed by atoms with Crippen molar-refractivity contribution in [1.82, 2.24) is 10.6 Å². The number of nitrogens with zero attached hydrogens (tertiary/aromatic N) is 1. The molecule has 0 atom stereocenters. The van der Waals surface area contributed by atoms with Crippen molar-refractivity contribution in [3.05, 3.63) is 35.6 Å². The molecule has 2 rings (SSSR count). The van der Waals surface area contributed by atoms with Crippen molar-refractivity contribution in [2.24, 2.45) is 4.99 Å². The molecule has 0 radical (unpaired) electrons. The van der Waals surface area contributed by atoms with E-state index >= 15 is 0 Å². The maximum atomic E-state index is 12.9. The lowest BCUT2D eigenvalue weighted by molar-refractivity contribution is 0.0131. The Morgan fingerprint density at radius 1 is 1.17 bits per heavy atom. The Kier molecular flexibility index (Phi) is 6.84. The van der Waals surface area contributed by atoms with Gasteiger partial charge in [-0.15, -0.1) is 0 Å². The maximum Gasteiger partial charge on any atom is 0.191 e. The van der Waals surface area contributed by atoms with E-state index in [9.17, 15) is 9.50 Å². The summed E-state index contributed by atoms with van der Waals surface area (Å²) in [5.41, 5.74) is 0.443. The van der Waals surface area contributed by atoms with Crippen LogP contribution in [0.15, 0.2) is 29.3 Å². The van der Waals surface area contributed by atoms with Gasteiger partial charge in [0.1, 0.15) is 5.82 Å². The zero-order valence-electron chi connectivity index (χ0n) is 13.9. The van der Waals surface area contributed by atoms with E-state index in [2.05, 4.69) is 15.6 Å². The second-order valence-electron chi connectivity index (χ2n) is 6.28. The first-order valence-electron chi connectivity index (χ1n) is 8.60. The standard InChI is InChI=1S/C18H28FN3O/c1-2-20-17(22-14-18(23)11-4-3-5-12-18)21-13-10-15-6-8-16(19)9-7-15/h6-9,23H,2-5,10-14H2,1H3,(H2,20,21,22). The minimum Gasteiger partial charge on any atom is -0.388 e. The first kappa shape index (κ1) is 17.7. The smallest absolute Gasteiger partial charge is 0.191 e. The molecule has 0 amide bonds. The molecule has 1 aromatic carbocycles. The summed E-state index contributed by atoms with van der Waals surface area (Å²) in [7, 11) is 0. The molecule has 1 saturated carbocycles. The van der Waals surface area contributed by atoms with Gasteiger partial charge < -0.3 is 15.7 Å². The maximum absolute atomic E-state index is 12.9. The average molecular weight is 321 g/mol. The van der Waals surface area contributed by atoms with Crippen LogP contribution in [0, 0.1) is 5.82 Å². The zero-order chi connectivity index (χ0) is 16.5. The van der Waals surface area contributed by atoms with E-state index in [-0.39, 0.29) is 5.82 Å². The Bertz CT molecular complexity index is 495. The third kappa shape index (κ3) is 6.18. The fourth-order valence-electron chi connectivity index (χ4n) is 2.91. The van der Waals surface area contributed by atoms with E-state index in [1.54, 1.807) is 12.1 Å². The summed E-state index contributed by atoms with van der Waals surface area (Å²) in [5.74, 6) is 0.519. The minimum absolute atomic E-state index is 0.211. The van der Waals surface area contributed by atoms with Crippen molar-refractivity contribution >= 4 is 5.96 Å². The van der Waals surface area contributed by atoms with Gasteiger partial charge >= 0.3 is 0 Å². The molecule has 1 aromatic rings. The number of guanidine groups is 1. The summed E-state index contributed by atoms with van der Waals surface area (Å²) in [6, 6.07) is 6.55. The van der Waals surface area contributed by atoms with Crippen molar-refractivity contribution in [2.75, 3.05) is 19.6 Å². The molecule has 1 aliphatic carbocycles. The van der Waals surface area contributed by atoms with Gasteiger partial charge in [-0.1, -0.05) is 31.4 Å². The van der Waals surface area contributed by atoms with Gasteiger partial charge in [0.05, 0.1) is 12.1 Å². The number of hydrogen-bond donors (Lipinski definition) is 3. The number of hydrogen-bond acceptors (Lipinski definition) is 2. The summed E-state index contributed by atoms with van der Waals surface area (Å²) in [6.45, 7) is 3.96. The van der Waals surface area contributed by atoms with E-state index < -0.39 is 5.60 Å². The van der Waals surface area contributed by atoms with Crippen LogP contribution in [0.25, 0.3) is 0 Å². The second kappa shape index (κ2) is 8.87. The van der Waals surface area contributed by atoms with E-state index in [0.29, 0.717) is 6.54 Å². The SMILES string of the molecule is CCNC(=NCC1(O)CCCCC1)NCCc1ccc(F)cc1. The quantitative estimate of drug-likeness (QED) is 0.558. The topological polar surface area (TPSA) is 56.7 Å². The van der Waals surface area contributed by atoms with Gasteiger partial charge in [0.25, 0.3) is 0 Å². The van der Waals surface area contributed by atoms with E-state index in [4.69, 9.17) is 0 Å². The highest BCUT2D eigenvalue weighted by Crippen LogP contribution is 2.28. The van der Waals surface area contributed by atoms with Crippen LogP contribution in [-0.2, 0) is 6.42 Å². The summed E-state index contributed by atoms with van der Waals surface area (Å²) < 4.78 is 12.9. The zero-order valence-corrected chi connectivity index (χ0v) is 13.9. The summed E-state index contributed by atoms with van der Waals surface area (Å²) in [4.78, 5) is 4.54. The number of halogens is 1. The summed E-state index contributed by atoms with van der Waals surface area (Å²) in [6.07, 6.45) is 5.86. The molecule has 0 aromatic heterocycles. The summed E-state index contributed by atoms with van der Waals surface area (Å²) in [5, 5.41) is 17.0. The molecule has 1 aliphatic rings. The second-order valence-corrected chi connectivity index (χ2v) is 6.28. The van der Waals surface area contributed by atoms with Crippen LogP contribution in [0.5, 0.6) is 0 Å². The van der Waals surface area contributed by atoms with Crippen molar-refractivity contribution < 1.29 is 9.50 Å². The van der Waals surface area contributed by atoms with Crippen LogP contribution in [0.2, 0.25) is 0 Å². The molecule has 0 unspecified atom stereocenters. The van der Waals surface area contributed by atoms with Gasteiger partial charge in [-0.3, -0.25) is 4.99 Å². The van der Waals surface area contributed by atoms with Gasteiger partial charge in [-0.25, -0.2) is 4.39 Å². The van der Waals surface area contributed by atoms with Crippen LogP contribution in [-0.4, -0.2) is 36.3 Å². The Balaban J connectivity index is 1.82. The molecule has 0 bridgehead atoms. The van der Waals surface area contributed by atoms with Crippen LogP contribution in [0.3, 0.4) is 0 Å². The number of benzene rings is 1. The molecule has 128 valence electrons. The van der Waals surface area contributed by atoms with Crippen molar-refractivity contribution in [3.8, 4) is 0 Å². The first-order valence-corrected chi connectivity index (χ1v) is 8.60. The molecule has 1 fully saturated rings. The van der Waals surface area contributed by atoms with Gasteiger partial charge in [0.2, 0.25) is 0 Å². The van der Waals surface area contributed by atoms with Gasteiger partial charge in [0.15, 0.2) is 5.96 Å². The predicted molar refractivity (Wildman–Crippen MR) is 92.1 cm³/mol. The number of aliphatic imine (C=N–C) groups is 1. The molecule has 0 aliphatic heterocycles. The molecule has 0 saturated heterocycles. The minimum atomic E-state index is -0.641. The van der Waals surface area contributed by atoms with E-state index in [1.807, 2.05) is 6.92 Å². The average Bonchev–Trinajstić information content (AvgIpc) is 2.55. The molecular formula is C18H28FN3O. The van der Waals surface area contributed by atoms with Crippen molar-refractivity contribution in [2.45, 2.75) is 51.0 Å². The third-order valence-electron chi connectivity index (χ3n) is 4.28. The number of nitrogens with one attached hydrogen (secondary N) is 2. The molecule has 0 heterocycles. The molecule has 23 heavy (non-hydrogen) atoms. The van der Waals surface area contributed by atoms with E-state index in [1.165, 1.54) is 18.6 Å². The molecule has 0 spiro atoms. The lowest BCUT2D eigenvalue weighted by Gasteiger charge is -2.30. The fraction of sp³-hybridized carbons (Fsp3) is 0.611. The normalized spacial score (nSPS) is 17.8. The molecule has 3 N–H and O–H groups in total. The summed E-state index contributed by atoms with van der Waals surface area (Å²) >= 11 is 0. The largest absolute Gasteiger partial charge is 0.388 e. The van der Waals surface area contributed by atoms with Crippen LogP contribution >= 0.6 is 0 Å². The first-order chi connectivity index (χ1) is 11.1. The van der Waals surface area contributed by atoms with Crippen LogP contribution in [0.1, 0.15) is 44.6 Å². The monoisotopic (exact) mass is 321 g/mol. The lowest BCUT2D eigenvalue weighted by Crippen LogP contribution is -2.41. The number of rotatable bonds is 6. The highest BCUT2D eigenvalue weighted by atomic mass is 19.1. The van der Waals surface area contributed by atoms with E-state index in [0.717, 1.165) is 56.7 Å².